The maximum absolute atomic E-state index is 5.99. The number of ether oxygens (including phenoxy) is 6. The van der Waals surface area contributed by atoms with Crippen LogP contribution in [0.1, 0.15) is 27.7 Å². The predicted octanol–water partition coefficient (Wildman–Crippen LogP) is 1.70. The van der Waals surface area contributed by atoms with Gasteiger partial charge >= 0.3 is 0 Å². The minimum Gasteiger partial charge on any atom is -0.481 e. The molecule has 0 unspecified atom stereocenters. The molecule has 3 fully saturated rings. The van der Waals surface area contributed by atoms with E-state index < -0.39 is 23.5 Å². The third-order valence-electron chi connectivity index (χ3n) is 3.78. The monoisotopic (exact) mass is 298 g/mol. The summed E-state index contributed by atoms with van der Waals surface area (Å²) in [6.45, 7) is 11.6. The molecule has 6 heteroatoms. The third-order valence-corrected chi connectivity index (χ3v) is 3.78. The van der Waals surface area contributed by atoms with Gasteiger partial charge < -0.3 is 28.4 Å². The summed E-state index contributed by atoms with van der Waals surface area (Å²) in [7, 11) is 0. The zero-order valence-corrected chi connectivity index (χ0v) is 12.9. The smallest absolute Gasteiger partial charge is 0.235 e. The molecule has 21 heavy (non-hydrogen) atoms. The largest absolute Gasteiger partial charge is 0.481 e. The maximum atomic E-state index is 5.99. The van der Waals surface area contributed by atoms with Gasteiger partial charge in [0.15, 0.2) is 17.7 Å². The van der Waals surface area contributed by atoms with Gasteiger partial charge in [0.05, 0.1) is 6.61 Å². The molecule has 0 saturated carbocycles. The third kappa shape index (κ3) is 2.63. The van der Waals surface area contributed by atoms with Crippen molar-refractivity contribution in [2.75, 3.05) is 13.2 Å². The summed E-state index contributed by atoms with van der Waals surface area (Å²) < 4.78 is 35.2. The normalized spacial score (nSPS) is 43.3. The first-order valence-electron chi connectivity index (χ1n) is 7.10. The van der Waals surface area contributed by atoms with Crippen molar-refractivity contribution < 1.29 is 28.4 Å². The second kappa shape index (κ2) is 4.81. The molecule has 0 aliphatic carbocycles. The maximum Gasteiger partial charge on any atom is 0.235 e. The lowest BCUT2D eigenvalue weighted by atomic mass is 9.97. The molecule has 4 atom stereocenters. The van der Waals surface area contributed by atoms with Crippen molar-refractivity contribution in [1.29, 1.82) is 0 Å². The molecule has 1 spiro atoms. The number of rotatable bonds is 2. The zero-order chi connectivity index (χ0) is 15.3. The van der Waals surface area contributed by atoms with Crippen LogP contribution in [0.2, 0.25) is 0 Å². The molecule has 3 rings (SSSR count). The molecule has 3 saturated heterocycles. The molecular formula is C15H22O6. The molecule has 118 valence electrons. The Hall–Kier alpha value is -0.880. The Labute approximate surface area is 124 Å². The van der Waals surface area contributed by atoms with Crippen LogP contribution in [0, 0.1) is 0 Å². The lowest BCUT2D eigenvalue weighted by molar-refractivity contribution is -0.326. The van der Waals surface area contributed by atoms with Gasteiger partial charge in [0.2, 0.25) is 5.79 Å². The first-order valence-corrected chi connectivity index (χ1v) is 7.10. The van der Waals surface area contributed by atoms with Crippen molar-refractivity contribution in [3.05, 3.63) is 18.6 Å². The van der Waals surface area contributed by atoms with Gasteiger partial charge in [0.1, 0.15) is 25.1 Å². The highest BCUT2D eigenvalue weighted by Crippen LogP contribution is 2.45. The Morgan fingerprint density at radius 2 is 1.90 bits per heavy atom. The Bertz CT molecular complexity index is 465. The quantitative estimate of drug-likeness (QED) is 0.571. The molecule has 3 aliphatic heterocycles. The van der Waals surface area contributed by atoms with Crippen molar-refractivity contribution in [3.63, 3.8) is 0 Å². The predicted molar refractivity (Wildman–Crippen MR) is 72.2 cm³/mol. The van der Waals surface area contributed by atoms with E-state index in [1.54, 1.807) is 0 Å². The molecule has 0 aromatic carbocycles. The Balaban J connectivity index is 1.89. The minimum absolute atomic E-state index is 0.207. The fraction of sp³-hybridized carbons (Fsp3) is 0.800. The van der Waals surface area contributed by atoms with Gasteiger partial charge in [-0.15, -0.1) is 0 Å². The molecule has 3 heterocycles. The van der Waals surface area contributed by atoms with E-state index in [0.29, 0.717) is 6.61 Å². The minimum atomic E-state index is -1.01. The lowest BCUT2D eigenvalue weighted by Crippen LogP contribution is -2.62. The van der Waals surface area contributed by atoms with Crippen LogP contribution in [0.25, 0.3) is 0 Å². The molecule has 0 aromatic heterocycles. The standard InChI is InChI=1S/C15H22O6/c1-6-7-16-12-11-10(19-14(4,5)20-11)8-17-15(12)9-18-13(2,3)21-15/h7,10-12H,1,8-9H2,2-5H3/t10-,11-,12+,15+/m1/s1. The molecule has 6 nitrogen and oxygen atoms in total. The van der Waals surface area contributed by atoms with E-state index in [4.69, 9.17) is 28.4 Å². The van der Waals surface area contributed by atoms with Crippen LogP contribution in [0.15, 0.2) is 18.6 Å². The highest BCUT2D eigenvalue weighted by molar-refractivity contribution is 5.02. The number of hydrogen-bond donors (Lipinski definition) is 0. The highest BCUT2D eigenvalue weighted by atomic mass is 16.9. The zero-order valence-electron chi connectivity index (χ0n) is 12.9. The van der Waals surface area contributed by atoms with E-state index in [1.165, 1.54) is 6.26 Å². The van der Waals surface area contributed by atoms with E-state index in [1.807, 2.05) is 27.7 Å². The molecule has 0 N–H and O–H groups in total. The summed E-state index contributed by atoms with van der Waals surface area (Å²) in [5.41, 5.74) is 2.60. The summed E-state index contributed by atoms with van der Waals surface area (Å²) in [6.07, 6.45) is 0.354. The van der Waals surface area contributed by atoms with Gasteiger partial charge in [0, 0.05) is 0 Å². The average molecular weight is 298 g/mol. The Kier molecular flexibility index (Phi) is 3.44. The highest BCUT2D eigenvalue weighted by Gasteiger charge is 2.63. The first kappa shape index (κ1) is 15.0. The molecular weight excluding hydrogens is 276 g/mol. The summed E-state index contributed by atoms with van der Waals surface area (Å²) in [4.78, 5) is 0. The fourth-order valence-corrected chi connectivity index (χ4v) is 3.07. The molecule has 0 radical (unpaired) electrons. The lowest BCUT2D eigenvalue weighted by Gasteiger charge is -2.43. The Morgan fingerprint density at radius 1 is 1.14 bits per heavy atom. The van der Waals surface area contributed by atoms with Gasteiger partial charge in [-0.2, -0.15) is 0 Å². The van der Waals surface area contributed by atoms with Gasteiger partial charge in [-0.1, -0.05) is 12.3 Å². The SMILES string of the molecule is C=C=CO[C@H]1[C@@H]2OC(C)(C)O[C@@H]2CO[C@]12COC(C)(C)O2. The van der Waals surface area contributed by atoms with Crippen molar-refractivity contribution in [2.24, 2.45) is 0 Å². The topological polar surface area (TPSA) is 55.4 Å². The van der Waals surface area contributed by atoms with Crippen LogP contribution in [-0.2, 0) is 28.4 Å². The van der Waals surface area contributed by atoms with Crippen molar-refractivity contribution in [1.82, 2.24) is 0 Å². The van der Waals surface area contributed by atoms with E-state index in [0.717, 1.165) is 0 Å². The van der Waals surface area contributed by atoms with E-state index >= 15 is 0 Å². The van der Waals surface area contributed by atoms with Crippen molar-refractivity contribution >= 4 is 0 Å². The molecule has 0 bridgehead atoms. The van der Waals surface area contributed by atoms with Gasteiger partial charge in [-0.3, -0.25) is 0 Å². The van der Waals surface area contributed by atoms with Gasteiger partial charge in [0.25, 0.3) is 0 Å². The van der Waals surface area contributed by atoms with E-state index in [-0.39, 0.29) is 18.8 Å². The van der Waals surface area contributed by atoms with Crippen LogP contribution in [0.4, 0.5) is 0 Å². The molecule has 0 amide bonds. The van der Waals surface area contributed by atoms with Crippen LogP contribution in [-0.4, -0.2) is 48.9 Å². The molecule has 0 aromatic rings. The average Bonchev–Trinajstić information content (AvgIpc) is 2.85. The fourth-order valence-electron chi connectivity index (χ4n) is 3.07. The second-order valence-electron chi connectivity index (χ2n) is 6.43. The summed E-state index contributed by atoms with van der Waals surface area (Å²) >= 11 is 0. The Morgan fingerprint density at radius 3 is 2.52 bits per heavy atom. The van der Waals surface area contributed by atoms with Crippen LogP contribution >= 0.6 is 0 Å². The van der Waals surface area contributed by atoms with Gasteiger partial charge in [-0.25, -0.2) is 0 Å². The van der Waals surface area contributed by atoms with Gasteiger partial charge in [-0.05, 0) is 27.7 Å². The number of fused-ring (bicyclic) bond motifs is 1. The van der Waals surface area contributed by atoms with Crippen LogP contribution < -0.4 is 0 Å². The summed E-state index contributed by atoms with van der Waals surface area (Å²) in [5, 5.41) is 0. The second-order valence-corrected chi connectivity index (χ2v) is 6.43. The van der Waals surface area contributed by atoms with E-state index in [9.17, 15) is 0 Å². The van der Waals surface area contributed by atoms with E-state index in [2.05, 4.69) is 12.3 Å². The van der Waals surface area contributed by atoms with Crippen molar-refractivity contribution in [2.45, 2.75) is 63.4 Å². The molecule has 3 aliphatic rings. The summed E-state index contributed by atoms with van der Waals surface area (Å²) in [6, 6.07) is 0. The van der Waals surface area contributed by atoms with Crippen LogP contribution in [0.5, 0.6) is 0 Å². The van der Waals surface area contributed by atoms with Crippen molar-refractivity contribution in [3.8, 4) is 0 Å². The number of hydrogen-bond acceptors (Lipinski definition) is 6. The first-order chi connectivity index (χ1) is 9.77. The summed E-state index contributed by atoms with van der Waals surface area (Å²) in [5.74, 6) is -2.43. The van der Waals surface area contributed by atoms with Crippen LogP contribution in [0.3, 0.4) is 0 Å².